The number of hydrogen-bond acceptors (Lipinski definition) is 8. The molecule has 2 aliphatic carbocycles. The molecule has 2 aliphatic rings. The molecule has 0 aliphatic heterocycles. The first-order chi connectivity index (χ1) is 24.7. The zero-order chi connectivity index (χ0) is 36.5. The van der Waals surface area contributed by atoms with E-state index in [2.05, 4.69) is 35.5 Å². The molecule has 3 aromatic rings. The molecular formula is C42H48FeN3O5P. The average molecular weight is 762 g/mol. The average Bonchev–Trinajstić information content (AvgIpc) is 3.86. The molecule has 1 atom stereocenters. The number of hydrogen-bond donors (Lipinski definition) is 0. The van der Waals surface area contributed by atoms with E-state index in [-0.39, 0.29) is 41.1 Å². The second kappa shape index (κ2) is 23.3. The Kier molecular flexibility index (Phi) is 19.7. The Balaban J connectivity index is 0.000000294. The van der Waals surface area contributed by atoms with Gasteiger partial charge < -0.3 is 24.0 Å². The van der Waals surface area contributed by atoms with Crippen molar-refractivity contribution in [3.63, 3.8) is 0 Å². The molecule has 10 heteroatoms. The van der Waals surface area contributed by atoms with Crippen LogP contribution in [0.3, 0.4) is 0 Å². The summed E-state index contributed by atoms with van der Waals surface area (Å²) >= 11 is 0. The van der Waals surface area contributed by atoms with Crippen LogP contribution in [0.1, 0.15) is 42.4 Å². The minimum atomic E-state index is -1.15. The SMILES string of the molecule is CN(C)C(N(C)C)P(OCC#N)OCCC[C]1[CH][CH][CH][CH]1.[Fe+2].[O-]c1ccc(C(OCCC[C]2[CH][CH][CH][CH]2)(c2ccccc2)c2ccc([O-])cc2)cc1. The van der Waals surface area contributed by atoms with Gasteiger partial charge in [0.2, 0.25) is 8.38 Å². The van der Waals surface area contributed by atoms with Crippen molar-refractivity contribution in [1.29, 1.82) is 5.26 Å². The molecule has 0 bridgehead atoms. The minimum Gasteiger partial charge on any atom is -0.872 e. The van der Waals surface area contributed by atoms with Gasteiger partial charge in [0.05, 0.1) is 12.7 Å². The van der Waals surface area contributed by atoms with Gasteiger partial charge >= 0.3 is 17.1 Å². The van der Waals surface area contributed by atoms with Gasteiger partial charge in [0, 0.05) is 6.61 Å². The van der Waals surface area contributed by atoms with Gasteiger partial charge in [-0.05, 0) is 134 Å². The van der Waals surface area contributed by atoms with Crippen molar-refractivity contribution in [1.82, 2.24) is 9.80 Å². The minimum absolute atomic E-state index is 0. The van der Waals surface area contributed by atoms with Crippen molar-refractivity contribution in [3.05, 3.63) is 159 Å². The molecule has 1 unspecified atom stereocenters. The van der Waals surface area contributed by atoms with Crippen LogP contribution in [0.15, 0.2) is 78.9 Å². The quantitative estimate of drug-likeness (QED) is 0.0460. The summed E-state index contributed by atoms with van der Waals surface area (Å²) in [5.74, 6) is 2.55. The normalized spacial score (nSPS) is 15.7. The molecule has 0 N–H and O–H groups in total. The van der Waals surface area contributed by atoms with Crippen molar-refractivity contribution in [2.24, 2.45) is 0 Å². The molecule has 2 fully saturated rings. The first kappa shape index (κ1) is 43.9. The van der Waals surface area contributed by atoms with Gasteiger partial charge in [-0.25, -0.2) is 0 Å². The van der Waals surface area contributed by atoms with Crippen LogP contribution in [0.4, 0.5) is 0 Å². The Bertz CT molecular complexity index is 1370. The van der Waals surface area contributed by atoms with E-state index in [9.17, 15) is 10.2 Å². The fourth-order valence-electron chi connectivity index (χ4n) is 6.00. The van der Waals surface area contributed by atoms with E-state index in [4.69, 9.17) is 19.0 Å². The monoisotopic (exact) mass is 761 g/mol. The van der Waals surface area contributed by atoms with E-state index >= 15 is 0 Å². The summed E-state index contributed by atoms with van der Waals surface area (Å²) in [6.45, 7) is 1.23. The summed E-state index contributed by atoms with van der Waals surface area (Å²) in [7, 11) is 6.81. The molecule has 0 spiro atoms. The molecule has 2 saturated carbocycles. The first-order valence-electron chi connectivity index (χ1n) is 17.1. The first-order valence-corrected chi connectivity index (χ1v) is 18.4. The van der Waals surface area contributed by atoms with Crippen LogP contribution in [0.25, 0.3) is 0 Å². The van der Waals surface area contributed by atoms with E-state index in [0.717, 1.165) is 42.4 Å². The Labute approximate surface area is 324 Å². The van der Waals surface area contributed by atoms with Gasteiger partial charge in [-0.1, -0.05) is 78.9 Å². The largest absolute Gasteiger partial charge is 2.00 e. The molecule has 0 amide bonds. The van der Waals surface area contributed by atoms with Crippen LogP contribution in [-0.2, 0) is 36.5 Å². The number of benzene rings is 3. The van der Waals surface area contributed by atoms with Crippen LogP contribution in [-0.4, -0.2) is 63.7 Å². The molecular weight excluding hydrogens is 713 g/mol. The van der Waals surface area contributed by atoms with Crippen LogP contribution in [0.5, 0.6) is 11.5 Å². The van der Waals surface area contributed by atoms with E-state index < -0.39 is 14.0 Å². The topological polar surface area (TPSA) is 104 Å². The predicted molar refractivity (Wildman–Crippen MR) is 199 cm³/mol. The zero-order valence-electron chi connectivity index (χ0n) is 30.3. The van der Waals surface area contributed by atoms with Crippen molar-refractivity contribution in [2.75, 3.05) is 48.0 Å². The summed E-state index contributed by atoms with van der Waals surface area (Å²) in [6.07, 6.45) is 20.4. The molecule has 5 rings (SSSR count). The number of nitriles is 1. The Morgan fingerprint density at radius 3 is 1.54 bits per heavy atom. The third-order valence-electron chi connectivity index (χ3n) is 8.29. The second-order valence-electron chi connectivity index (χ2n) is 12.6. The van der Waals surface area contributed by atoms with E-state index in [1.165, 1.54) is 11.8 Å². The summed E-state index contributed by atoms with van der Waals surface area (Å²) in [4.78, 5) is 4.11. The standard InChI is InChI=1S/C27H25O3.C15H25N3O2P.Fe/c28-25-16-12-23(13-17-25)27(22-10-2-1-3-11-22,24-14-18-26(29)19-15-24)30-20-6-9-21-7-4-5-8-21;1-17(2)15(18(3)4)21(20-13-11-16)19-12-7-10-14-8-5-6-9-14;/h1-5,7-8,10-19,28-29H,6,9,20H2;5-6,8-9,15H,7,10,12-13H2,1-4H3;/q;;+2/p-2. The van der Waals surface area contributed by atoms with Crippen molar-refractivity contribution in [3.8, 4) is 17.6 Å². The third kappa shape index (κ3) is 13.1. The van der Waals surface area contributed by atoms with E-state index in [0.29, 0.717) is 13.2 Å². The molecule has 8 nitrogen and oxygen atoms in total. The summed E-state index contributed by atoms with van der Waals surface area (Å²) in [5, 5.41) is 32.3. The van der Waals surface area contributed by atoms with Crippen molar-refractivity contribution in [2.45, 2.75) is 37.2 Å². The maximum absolute atomic E-state index is 11.8. The molecule has 0 heterocycles. The molecule has 0 aromatic heterocycles. The molecule has 52 heavy (non-hydrogen) atoms. The van der Waals surface area contributed by atoms with Crippen LogP contribution in [0.2, 0.25) is 0 Å². The summed E-state index contributed by atoms with van der Waals surface area (Å²) < 4.78 is 18.2. The predicted octanol–water partition coefficient (Wildman–Crippen LogP) is 6.77. The van der Waals surface area contributed by atoms with Crippen LogP contribution < -0.4 is 10.2 Å². The van der Waals surface area contributed by atoms with Crippen LogP contribution >= 0.6 is 8.38 Å². The van der Waals surface area contributed by atoms with Gasteiger partial charge in [0.15, 0.2) is 0 Å². The van der Waals surface area contributed by atoms with Gasteiger partial charge in [-0.3, -0.25) is 9.80 Å². The third-order valence-corrected chi connectivity index (χ3v) is 10.4. The van der Waals surface area contributed by atoms with Crippen molar-refractivity contribution >= 4 is 8.38 Å². The summed E-state index contributed by atoms with van der Waals surface area (Å²) in [6, 6.07) is 25.5. The number of ether oxygens (including phenoxy) is 1. The maximum atomic E-state index is 11.8. The fraction of sp³-hybridized carbons (Fsp3) is 0.310. The molecule has 3 aromatic carbocycles. The molecule has 274 valence electrons. The van der Waals surface area contributed by atoms with E-state index in [1.807, 2.05) is 115 Å². The molecule has 10 radical (unpaired) electrons. The zero-order valence-corrected chi connectivity index (χ0v) is 32.3. The number of nitrogens with zero attached hydrogens (tertiary/aromatic N) is 3. The van der Waals surface area contributed by atoms with Crippen molar-refractivity contribution < 1.29 is 41.1 Å². The van der Waals surface area contributed by atoms with Crippen LogP contribution in [0, 0.1) is 74.5 Å². The molecule has 0 saturated heterocycles. The Morgan fingerprint density at radius 1 is 0.654 bits per heavy atom. The smallest absolute Gasteiger partial charge is 0.872 e. The van der Waals surface area contributed by atoms with Gasteiger partial charge in [0.1, 0.15) is 18.1 Å². The van der Waals surface area contributed by atoms with Gasteiger partial charge in [0.25, 0.3) is 0 Å². The Hall–Kier alpha value is -2.50. The Morgan fingerprint density at radius 2 is 1.10 bits per heavy atom. The van der Waals surface area contributed by atoms with E-state index in [1.54, 1.807) is 24.3 Å². The number of rotatable bonds is 18. The van der Waals surface area contributed by atoms with Gasteiger partial charge in [-0.15, -0.1) is 11.5 Å². The fourth-order valence-corrected chi connectivity index (χ4v) is 7.59. The maximum Gasteiger partial charge on any atom is 2.00 e. The second-order valence-corrected chi connectivity index (χ2v) is 14.1. The van der Waals surface area contributed by atoms with Gasteiger partial charge in [-0.2, -0.15) is 5.26 Å². The summed E-state index contributed by atoms with van der Waals surface area (Å²) in [5.41, 5.74) is 1.77.